The fourth-order valence-electron chi connectivity index (χ4n) is 5.73. The SMILES string of the molecule is O=C(CSC12CC3CC(CC(C3)C1)C2)NC(=O)Nc1ccc2c(c1)OCO2. The van der Waals surface area contributed by atoms with Gasteiger partial charge in [-0.2, -0.15) is 0 Å². The van der Waals surface area contributed by atoms with Crippen molar-refractivity contribution in [3.05, 3.63) is 18.2 Å². The molecule has 4 saturated carbocycles. The van der Waals surface area contributed by atoms with E-state index in [1.165, 1.54) is 38.5 Å². The van der Waals surface area contributed by atoms with Crippen molar-refractivity contribution in [3.8, 4) is 11.5 Å². The molecule has 0 radical (unpaired) electrons. The Morgan fingerprint density at radius 3 is 2.41 bits per heavy atom. The summed E-state index contributed by atoms with van der Waals surface area (Å²) >= 11 is 1.78. The Morgan fingerprint density at radius 2 is 1.70 bits per heavy atom. The van der Waals surface area contributed by atoms with Gasteiger partial charge in [0.15, 0.2) is 11.5 Å². The van der Waals surface area contributed by atoms with Crippen LogP contribution in [0, 0.1) is 17.8 Å². The van der Waals surface area contributed by atoms with Crippen molar-refractivity contribution in [1.82, 2.24) is 5.32 Å². The summed E-state index contributed by atoms with van der Waals surface area (Å²) in [5, 5.41) is 5.13. The Labute approximate surface area is 162 Å². The van der Waals surface area contributed by atoms with Gasteiger partial charge in [0.2, 0.25) is 12.7 Å². The van der Waals surface area contributed by atoms with Gasteiger partial charge in [0.1, 0.15) is 0 Å². The van der Waals surface area contributed by atoms with Crippen LogP contribution in [0.2, 0.25) is 0 Å². The molecule has 1 aromatic rings. The van der Waals surface area contributed by atoms with E-state index in [9.17, 15) is 9.59 Å². The number of imide groups is 1. The minimum Gasteiger partial charge on any atom is -0.454 e. The molecule has 0 unspecified atom stereocenters. The van der Waals surface area contributed by atoms with Crippen molar-refractivity contribution >= 4 is 29.4 Å². The normalized spacial score (nSPS) is 32.4. The van der Waals surface area contributed by atoms with E-state index in [4.69, 9.17) is 9.47 Å². The number of anilines is 1. The summed E-state index contributed by atoms with van der Waals surface area (Å²) in [5.41, 5.74) is 0.568. The highest BCUT2D eigenvalue weighted by Crippen LogP contribution is 2.60. The van der Waals surface area contributed by atoms with Crippen molar-refractivity contribution in [3.63, 3.8) is 0 Å². The molecule has 0 saturated heterocycles. The first kappa shape index (κ1) is 17.2. The van der Waals surface area contributed by atoms with Gasteiger partial charge in [-0.3, -0.25) is 10.1 Å². The number of ether oxygens (including phenoxy) is 2. The summed E-state index contributed by atoms with van der Waals surface area (Å²) in [6, 6.07) is 4.64. The Morgan fingerprint density at radius 1 is 1.04 bits per heavy atom. The molecule has 27 heavy (non-hydrogen) atoms. The number of fused-ring (bicyclic) bond motifs is 1. The predicted octanol–water partition coefficient (Wildman–Crippen LogP) is 3.77. The van der Waals surface area contributed by atoms with Crippen LogP contribution in [0.4, 0.5) is 10.5 Å². The molecule has 1 heterocycles. The molecule has 4 bridgehead atoms. The van der Waals surface area contributed by atoms with E-state index in [1.807, 2.05) is 0 Å². The third-order valence-electron chi connectivity index (χ3n) is 6.37. The van der Waals surface area contributed by atoms with Crippen LogP contribution < -0.4 is 20.1 Å². The Hall–Kier alpha value is -1.89. The van der Waals surface area contributed by atoms with Gasteiger partial charge in [-0.05, 0) is 68.4 Å². The zero-order valence-electron chi connectivity index (χ0n) is 15.2. The lowest BCUT2D eigenvalue weighted by Crippen LogP contribution is -2.49. The summed E-state index contributed by atoms with van der Waals surface area (Å²) < 4.78 is 10.8. The van der Waals surface area contributed by atoms with Crippen molar-refractivity contribution in [1.29, 1.82) is 0 Å². The smallest absolute Gasteiger partial charge is 0.325 e. The van der Waals surface area contributed by atoms with Gasteiger partial charge in [-0.25, -0.2) is 4.79 Å². The van der Waals surface area contributed by atoms with Crippen molar-refractivity contribution in [2.75, 3.05) is 17.9 Å². The molecular weight excluding hydrogens is 364 g/mol. The van der Waals surface area contributed by atoms with Crippen LogP contribution >= 0.6 is 11.8 Å². The molecular formula is C20H24N2O4S. The van der Waals surface area contributed by atoms with E-state index < -0.39 is 6.03 Å². The monoisotopic (exact) mass is 388 g/mol. The highest BCUT2D eigenvalue weighted by atomic mass is 32.2. The minimum atomic E-state index is -0.509. The molecule has 7 heteroatoms. The van der Waals surface area contributed by atoms with Crippen LogP contribution in [0.3, 0.4) is 0 Å². The van der Waals surface area contributed by atoms with E-state index in [1.54, 1.807) is 30.0 Å². The molecule has 6 rings (SSSR count). The second kappa shape index (κ2) is 6.62. The molecule has 4 aliphatic carbocycles. The second-order valence-electron chi connectivity index (χ2n) is 8.46. The summed E-state index contributed by atoms with van der Waals surface area (Å²) in [5.74, 6) is 3.96. The molecule has 0 aromatic heterocycles. The third-order valence-corrected chi connectivity index (χ3v) is 7.89. The fraction of sp³-hybridized carbons (Fsp3) is 0.600. The summed E-state index contributed by atoms with van der Waals surface area (Å²) in [6.45, 7) is 0.186. The van der Waals surface area contributed by atoms with Gasteiger partial charge in [0, 0.05) is 16.5 Å². The molecule has 1 aromatic carbocycles. The fourth-order valence-corrected chi connectivity index (χ4v) is 7.30. The zero-order chi connectivity index (χ0) is 18.4. The van der Waals surface area contributed by atoms with Gasteiger partial charge < -0.3 is 14.8 Å². The number of hydrogen-bond acceptors (Lipinski definition) is 5. The molecule has 6 nitrogen and oxygen atoms in total. The molecule has 1 aliphatic heterocycles. The Bertz CT molecular complexity index is 746. The maximum absolute atomic E-state index is 12.3. The van der Waals surface area contributed by atoms with Crippen molar-refractivity contribution < 1.29 is 19.1 Å². The van der Waals surface area contributed by atoms with E-state index in [0.717, 1.165) is 17.8 Å². The lowest BCUT2D eigenvalue weighted by atomic mass is 9.56. The number of rotatable bonds is 4. The van der Waals surface area contributed by atoms with Crippen molar-refractivity contribution in [2.24, 2.45) is 17.8 Å². The summed E-state index contributed by atoms with van der Waals surface area (Å²) in [6.07, 6.45) is 7.93. The van der Waals surface area contributed by atoms with Gasteiger partial charge in [0.25, 0.3) is 0 Å². The predicted molar refractivity (Wildman–Crippen MR) is 103 cm³/mol. The van der Waals surface area contributed by atoms with Crippen LogP contribution in [0.1, 0.15) is 38.5 Å². The minimum absolute atomic E-state index is 0.186. The molecule has 0 spiro atoms. The Kier molecular flexibility index (Phi) is 4.22. The molecule has 3 amide bonds. The van der Waals surface area contributed by atoms with E-state index in [0.29, 0.717) is 22.9 Å². The van der Waals surface area contributed by atoms with Crippen LogP contribution in [0.15, 0.2) is 18.2 Å². The maximum atomic E-state index is 12.3. The second-order valence-corrected chi connectivity index (χ2v) is 9.90. The first-order valence-electron chi connectivity index (χ1n) is 9.71. The molecule has 2 N–H and O–H groups in total. The first-order valence-corrected chi connectivity index (χ1v) is 10.7. The van der Waals surface area contributed by atoms with Crippen LogP contribution in [-0.2, 0) is 4.79 Å². The Balaban J connectivity index is 1.13. The van der Waals surface area contributed by atoms with Crippen LogP contribution in [0.5, 0.6) is 11.5 Å². The average Bonchev–Trinajstić information content (AvgIpc) is 3.06. The average molecular weight is 388 g/mol. The molecule has 4 fully saturated rings. The number of nitrogens with one attached hydrogen (secondary N) is 2. The number of benzene rings is 1. The topological polar surface area (TPSA) is 76.7 Å². The van der Waals surface area contributed by atoms with Crippen molar-refractivity contribution in [2.45, 2.75) is 43.3 Å². The largest absolute Gasteiger partial charge is 0.454 e. The molecule has 144 valence electrons. The maximum Gasteiger partial charge on any atom is 0.325 e. The van der Waals surface area contributed by atoms with E-state index in [2.05, 4.69) is 10.6 Å². The lowest BCUT2D eigenvalue weighted by Gasteiger charge is -2.56. The van der Waals surface area contributed by atoms with Gasteiger partial charge in [-0.15, -0.1) is 11.8 Å². The lowest BCUT2D eigenvalue weighted by molar-refractivity contribution is -0.117. The van der Waals surface area contributed by atoms with E-state index in [-0.39, 0.29) is 17.4 Å². The van der Waals surface area contributed by atoms with Gasteiger partial charge >= 0.3 is 6.03 Å². The van der Waals surface area contributed by atoms with Gasteiger partial charge in [0.05, 0.1) is 5.75 Å². The van der Waals surface area contributed by atoms with Crippen LogP contribution in [-0.4, -0.2) is 29.2 Å². The number of amides is 3. The number of carbonyl (C=O) groups is 2. The standard InChI is InChI=1S/C20H24N2O4S/c23-18(10-27-20-7-12-3-13(8-20)5-14(4-12)9-20)22-19(24)21-15-1-2-16-17(6-15)26-11-25-16/h1-2,6,12-14H,3-5,7-11H2,(H2,21,22,23,24). The number of hydrogen-bond donors (Lipinski definition) is 2. The number of urea groups is 1. The number of carbonyl (C=O) groups excluding carboxylic acids is 2. The first-order chi connectivity index (χ1) is 13.1. The zero-order valence-corrected chi connectivity index (χ0v) is 16.0. The molecule has 0 atom stereocenters. The number of thioether (sulfide) groups is 1. The summed E-state index contributed by atoms with van der Waals surface area (Å²) in [4.78, 5) is 24.4. The third kappa shape index (κ3) is 3.49. The quantitative estimate of drug-likeness (QED) is 0.821. The van der Waals surface area contributed by atoms with Crippen LogP contribution in [0.25, 0.3) is 0 Å². The highest BCUT2D eigenvalue weighted by molar-refractivity contribution is 8.01. The van der Waals surface area contributed by atoms with E-state index >= 15 is 0 Å². The highest BCUT2D eigenvalue weighted by Gasteiger charge is 2.51. The van der Waals surface area contributed by atoms with Gasteiger partial charge in [-0.1, -0.05) is 0 Å². The molecule has 5 aliphatic rings. The summed E-state index contributed by atoms with van der Waals surface area (Å²) in [7, 11) is 0.